The molecule has 1 aliphatic rings. The van der Waals surface area contributed by atoms with Gasteiger partial charge in [0.25, 0.3) is 0 Å². The molecular formula is C8H11N2O. The molecule has 0 atom stereocenters. The smallest absolute Gasteiger partial charge is 0.0860 e. The van der Waals surface area contributed by atoms with Crippen LogP contribution in [-0.4, -0.2) is 24.9 Å². The minimum Gasteiger partial charge on any atom is -0.297 e. The highest BCUT2D eigenvalue weighted by molar-refractivity contribution is 5.96. The molecule has 0 aromatic rings. The maximum absolute atomic E-state index is 4.90. The lowest BCUT2D eigenvalue weighted by Gasteiger charge is -2.06. The third-order valence-corrected chi connectivity index (χ3v) is 1.12. The third-order valence-electron chi connectivity index (χ3n) is 1.12. The van der Waals surface area contributed by atoms with Gasteiger partial charge in [0.05, 0.1) is 5.71 Å². The van der Waals surface area contributed by atoms with Gasteiger partial charge in [-0.1, -0.05) is 17.3 Å². The average Bonchev–Trinajstić information content (AvgIpc) is 2.03. The van der Waals surface area contributed by atoms with Crippen molar-refractivity contribution in [1.82, 2.24) is 5.06 Å². The Bertz CT molecular complexity index is 204. The van der Waals surface area contributed by atoms with E-state index in [2.05, 4.69) is 11.2 Å². The van der Waals surface area contributed by atoms with Gasteiger partial charge in [-0.2, -0.15) is 0 Å². The zero-order valence-electron chi connectivity index (χ0n) is 6.74. The molecule has 0 spiro atoms. The van der Waals surface area contributed by atoms with E-state index in [-0.39, 0.29) is 0 Å². The molecule has 59 valence electrons. The van der Waals surface area contributed by atoms with Gasteiger partial charge in [0, 0.05) is 20.5 Å². The minimum atomic E-state index is 0.796. The second kappa shape index (κ2) is 3.93. The zero-order valence-corrected chi connectivity index (χ0v) is 6.74. The summed E-state index contributed by atoms with van der Waals surface area (Å²) < 4.78 is 0. The van der Waals surface area contributed by atoms with Crippen LogP contribution < -0.4 is 0 Å². The molecule has 11 heavy (non-hydrogen) atoms. The first-order valence-corrected chi connectivity index (χ1v) is 3.44. The summed E-state index contributed by atoms with van der Waals surface area (Å²) in [4.78, 5) is 4.90. The van der Waals surface area contributed by atoms with Gasteiger partial charge in [0.15, 0.2) is 0 Å². The van der Waals surface area contributed by atoms with Gasteiger partial charge in [-0.15, -0.1) is 5.06 Å². The summed E-state index contributed by atoms with van der Waals surface area (Å²) >= 11 is 0. The van der Waals surface area contributed by atoms with Crippen LogP contribution in [0.15, 0.2) is 23.4 Å². The molecule has 1 aliphatic carbocycles. The lowest BCUT2D eigenvalue weighted by molar-refractivity contribution is -0.118. The van der Waals surface area contributed by atoms with E-state index in [0.717, 1.165) is 12.1 Å². The highest BCUT2D eigenvalue weighted by Crippen LogP contribution is 1.98. The second-order valence-corrected chi connectivity index (χ2v) is 2.38. The fourth-order valence-corrected chi connectivity index (χ4v) is 0.646. The van der Waals surface area contributed by atoms with E-state index >= 15 is 0 Å². The Kier molecular flexibility index (Phi) is 2.86. The summed E-state index contributed by atoms with van der Waals surface area (Å²) in [5.41, 5.74) is 0.914. The summed E-state index contributed by atoms with van der Waals surface area (Å²) in [5, 5.41) is 5.41. The van der Waals surface area contributed by atoms with Gasteiger partial charge in [-0.25, -0.2) is 0 Å². The standard InChI is InChI=1S/C8H11N2O/c1-10(2)11-9-8-6-4-3-5-7-8/h4-6H,7H2,1-2H3. The van der Waals surface area contributed by atoms with E-state index in [0.29, 0.717) is 0 Å². The molecule has 0 amide bonds. The molecule has 1 radical (unpaired) electrons. The van der Waals surface area contributed by atoms with Crippen molar-refractivity contribution in [1.29, 1.82) is 0 Å². The Morgan fingerprint density at radius 2 is 2.45 bits per heavy atom. The predicted octanol–water partition coefficient (Wildman–Crippen LogP) is 1.15. The Labute approximate surface area is 66.6 Å². The van der Waals surface area contributed by atoms with Crippen molar-refractivity contribution in [3.63, 3.8) is 0 Å². The van der Waals surface area contributed by atoms with Crippen molar-refractivity contribution >= 4 is 5.71 Å². The van der Waals surface area contributed by atoms with Crippen LogP contribution in [0.2, 0.25) is 0 Å². The first-order chi connectivity index (χ1) is 5.29. The highest BCUT2D eigenvalue weighted by atomic mass is 16.8. The largest absolute Gasteiger partial charge is 0.297 e. The molecule has 3 heteroatoms. The minimum absolute atomic E-state index is 0.796. The summed E-state index contributed by atoms with van der Waals surface area (Å²) in [7, 11) is 3.58. The summed E-state index contributed by atoms with van der Waals surface area (Å²) in [6, 6.07) is 0. The molecule has 0 heterocycles. The Balaban J connectivity index is 2.41. The molecule has 0 saturated carbocycles. The van der Waals surface area contributed by atoms with Crippen molar-refractivity contribution in [3.8, 4) is 0 Å². The number of allylic oxidation sites excluding steroid dienone is 4. The van der Waals surface area contributed by atoms with Gasteiger partial charge in [-0.3, -0.25) is 4.94 Å². The van der Waals surface area contributed by atoms with E-state index in [1.165, 1.54) is 0 Å². The molecule has 0 fully saturated rings. The van der Waals surface area contributed by atoms with Crippen molar-refractivity contribution in [3.05, 3.63) is 24.3 Å². The zero-order chi connectivity index (χ0) is 8.10. The van der Waals surface area contributed by atoms with Gasteiger partial charge >= 0.3 is 0 Å². The van der Waals surface area contributed by atoms with E-state index in [1.807, 2.05) is 18.2 Å². The Morgan fingerprint density at radius 1 is 1.64 bits per heavy atom. The fourth-order valence-electron chi connectivity index (χ4n) is 0.646. The lowest BCUT2D eigenvalue weighted by atomic mass is 10.2. The van der Waals surface area contributed by atoms with Crippen LogP contribution >= 0.6 is 0 Å². The molecule has 0 bridgehead atoms. The lowest BCUT2D eigenvalue weighted by Crippen LogP contribution is -2.10. The predicted molar refractivity (Wildman–Crippen MR) is 43.8 cm³/mol. The number of nitrogens with zero attached hydrogens (tertiary/aromatic N) is 2. The highest BCUT2D eigenvalue weighted by Gasteiger charge is 1.96. The van der Waals surface area contributed by atoms with Gasteiger partial charge in [-0.05, 0) is 12.2 Å². The molecule has 3 nitrogen and oxygen atoms in total. The SMILES string of the molecule is CN(C)ON=C1C=C[C]=CC1. The third kappa shape index (κ3) is 3.00. The van der Waals surface area contributed by atoms with Gasteiger partial charge < -0.3 is 0 Å². The van der Waals surface area contributed by atoms with Crippen molar-refractivity contribution in [2.75, 3.05) is 14.1 Å². The normalized spacial score (nSPS) is 19.7. The topological polar surface area (TPSA) is 24.8 Å². The fraction of sp³-hybridized carbons (Fsp3) is 0.375. The number of hydroxylamine groups is 2. The first kappa shape index (κ1) is 8.01. The van der Waals surface area contributed by atoms with Gasteiger partial charge in [0.1, 0.15) is 0 Å². The van der Waals surface area contributed by atoms with E-state index in [1.54, 1.807) is 19.2 Å². The number of hydrogen-bond donors (Lipinski definition) is 0. The first-order valence-electron chi connectivity index (χ1n) is 3.44. The van der Waals surface area contributed by atoms with E-state index in [4.69, 9.17) is 4.94 Å². The van der Waals surface area contributed by atoms with Crippen LogP contribution in [0.3, 0.4) is 0 Å². The molecule has 1 rings (SSSR count). The number of oxime groups is 1. The molecular weight excluding hydrogens is 140 g/mol. The van der Waals surface area contributed by atoms with Crippen molar-refractivity contribution < 1.29 is 4.94 Å². The monoisotopic (exact) mass is 151 g/mol. The van der Waals surface area contributed by atoms with Crippen LogP contribution in [0.25, 0.3) is 0 Å². The van der Waals surface area contributed by atoms with Gasteiger partial charge in [0.2, 0.25) is 0 Å². The van der Waals surface area contributed by atoms with Crippen LogP contribution in [0.4, 0.5) is 0 Å². The summed E-state index contributed by atoms with van der Waals surface area (Å²) in [5.74, 6) is 0. The van der Waals surface area contributed by atoms with Crippen LogP contribution in [-0.2, 0) is 4.94 Å². The Morgan fingerprint density at radius 3 is 3.00 bits per heavy atom. The maximum Gasteiger partial charge on any atom is 0.0860 e. The summed E-state index contributed by atoms with van der Waals surface area (Å²) in [6.45, 7) is 0. The molecule has 0 aliphatic heterocycles. The van der Waals surface area contributed by atoms with Crippen molar-refractivity contribution in [2.24, 2.45) is 5.16 Å². The number of hydrogen-bond acceptors (Lipinski definition) is 3. The molecule has 0 N–H and O–H groups in total. The van der Waals surface area contributed by atoms with Crippen LogP contribution in [0.1, 0.15) is 6.42 Å². The number of rotatable bonds is 2. The quantitative estimate of drug-likeness (QED) is 0.553. The maximum atomic E-state index is 4.90. The summed E-state index contributed by atoms with van der Waals surface area (Å²) in [6.07, 6.45) is 9.36. The average molecular weight is 151 g/mol. The van der Waals surface area contributed by atoms with Crippen LogP contribution in [0.5, 0.6) is 0 Å². The molecule has 0 saturated heterocycles. The second-order valence-electron chi connectivity index (χ2n) is 2.38. The Hall–Kier alpha value is -1.09. The molecule has 0 unspecified atom stereocenters. The van der Waals surface area contributed by atoms with Crippen molar-refractivity contribution in [2.45, 2.75) is 6.42 Å². The van der Waals surface area contributed by atoms with E-state index < -0.39 is 0 Å². The molecule has 0 aromatic carbocycles. The van der Waals surface area contributed by atoms with E-state index in [9.17, 15) is 0 Å². The molecule has 0 aromatic heterocycles. The van der Waals surface area contributed by atoms with Crippen LogP contribution in [0, 0.1) is 6.08 Å².